The molecule has 0 bridgehead atoms. The number of halogens is 3. The second-order valence-electron chi connectivity index (χ2n) is 12.9. The molecular formula is C34H45ClF2N8O11. The third kappa shape index (κ3) is 11.4. The van der Waals surface area contributed by atoms with Crippen LogP contribution in [0.25, 0.3) is 0 Å². The highest BCUT2D eigenvalue weighted by Crippen LogP contribution is 2.31. The predicted octanol–water partition coefficient (Wildman–Crippen LogP) is 0.871. The number of cyclic esters (lactones) is 2. The molecule has 0 saturated carbocycles. The zero-order chi connectivity index (χ0) is 40.4. The Labute approximate surface area is 325 Å². The van der Waals surface area contributed by atoms with E-state index in [1.807, 2.05) is 0 Å². The van der Waals surface area contributed by atoms with Gasteiger partial charge in [-0.1, -0.05) is 5.16 Å². The van der Waals surface area contributed by atoms with Crippen LogP contribution in [0.15, 0.2) is 41.6 Å². The Morgan fingerprint density at radius 3 is 1.57 bits per heavy atom. The summed E-state index contributed by atoms with van der Waals surface area (Å²) in [6.07, 6.45) is -3.82. The second kappa shape index (κ2) is 20.5. The lowest BCUT2D eigenvalue weighted by Crippen LogP contribution is -2.44. The number of amides is 4. The molecule has 2 aromatic rings. The molecule has 22 heteroatoms. The predicted molar refractivity (Wildman–Crippen MR) is 199 cm³/mol. The molecule has 6 rings (SSSR count). The molecule has 4 atom stereocenters. The van der Waals surface area contributed by atoms with Crippen LogP contribution in [0.5, 0.6) is 0 Å². The van der Waals surface area contributed by atoms with Crippen molar-refractivity contribution in [2.45, 2.75) is 51.1 Å². The number of piperidine rings is 2. The number of nitrogens with two attached hydrogens (primary N) is 1. The van der Waals surface area contributed by atoms with Crippen molar-refractivity contribution in [2.75, 3.05) is 72.0 Å². The molecule has 0 aliphatic carbocycles. The quantitative estimate of drug-likeness (QED) is 0.144. The summed E-state index contributed by atoms with van der Waals surface area (Å²) >= 11 is 0. The Morgan fingerprint density at radius 2 is 1.20 bits per heavy atom. The summed E-state index contributed by atoms with van der Waals surface area (Å²) in [5.74, 6) is 1.71. The van der Waals surface area contributed by atoms with Crippen molar-refractivity contribution in [3.05, 3.63) is 48.0 Å². The number of nitrogens with one attached hydrogen (secondary N) is 2. The molecule has 2 aromatic carbocycles. The maximum absolute atomic E-state index is 14.6. The van der Waals surface area contributed by atoms with Gasteiger partial charge in [0.1, 0.15) is 36.1 Å². The van der Waals surface area contributed by atoms with Crippen LogP contribution in [-0.4, -0.2) is 133 Å². The molecule has 0 radical (unpaired) electrons. The van der Waals surface area contributed by atoms with E-state index in [4.69, 9.17) is 19.9 Å². The van der Waals surface area contributed by atoms with Crippen LogP contribution < -0.4 is 36.1 Å². The lowest BCUT2D eigenvalue weighted by Gasteiger charge is -2.32. The van der Waals surface area contributed by atoms with Crippen LogP contribution >= 0.6 is 12.4 Å². The van der Waals surface area contributed by atoms with Crippen molar-refractivity contribution in [1.82, 2.24) is 10.6 Å². The summed E-state index contributed by atoms with van der Waals surface area (Å²) in [7, 11) is 0. The van der Waals surface area contributed by atoms with Crippen LogP contribution in [0.3, 0.4) is 0 Å². The Bertz CT molecular complexity index is 1780. The van der Waals surface area contributed by atoms with Crippen molar-refractivity contribution in [3.8, 4) is 0 Å². The number of β-amino-alcohol motifs (C(OH)–C–C–N with tert-alkyl or cyclic N) is 2. The van der Waals surface area contributed by atoms with Crippen LogP contribution in [-0.2, 0) is 23.9 Å². The SMILES string of the molecule is CC(=O)NC[C@H]1CN(c2ccc(N3CC/C(=N/O)[C@@H](O)C3)c(F)c2)C(=O)O1.CC(=O)NC[C@H]1CN(c2ccc(N3CCC(=O)[C@@H](O)C3)c(F)c2)C(=O)O1.Cl.NO. The maximum atomic E-state index is 14.6. The lowest BCUT2D eigenvalue weighted by atomic mass is 10.0. The van der Waals surface area contributed by atoms with Gasteiger partial charge in [0.05, 0.1) is 61.2 Å². The topological polar surface area (TPSA) is 260 Å². The minimum Gasteiger partial charge on any atom is -0.442 e. The Hall–Kier alpha value is -5.35. The highest BCUT2D eigenvalue weighted by atomic mass is 35.5. The van der Waals surface area contributed by atoms with E-state index < -0.39 is 48.2 Å². The van der Waals surface area contributed by atoms with Crippen LogP contribution in [0.2, 0.25) is 0 Å². The molecule has 19 nitrogen and oxygen atoms in total. The zero-order valence-electron chi connectivity index (χ0n) is 30.5. The standard InChI is InChI=1S/C17H21FN4O5.C17H20FN3O5.ClH.H3NO/c1-10(23)19-7-12-8-22(17(25)27-12)11-2-3-15(13(18)6-11)21-5-4-14(20-26)16(24)9-21;1-10(22)19-7-12-8-21(17(25)26-12)11-2-3-14(13(18)6-11)20-5-4-15(23)16(24)9-20;;1-2/h2-3,6,12,16,24,26H,4-5,7-9H2,1H3,(H,19,23);2-3,6,12,16,24H,4-5,7-9H2,1H3,(H,19,22);1H;2H,1H2/b20-14-;;;/t2*12-,16-;;/m00../s1. The molecule has 56 heavy (non-hydrogen) atoms. The highest BCUT2D eigenvalue weighted by Gasteiger charge is 2.35. The number of Topliss-reactive ketones (excluding diaryl/α,β-unsaturated/α-hetero) is 1. The highest BCUT2D eigenvalue weighted by molar-refractivity contribution is 5.92. The number of aliphatic hydroxyl groups is 2. The van der Waals surface area contributed by atoms with Gasteiger partial charge in [-0.25, -0.2) is 24.3 Å². The Morgan fingerprint density at radius 1 is 0.768 bits per heavy atom. The smallest absolute Gasteiger partial charge is 0.414 e. The van der Waals surface area contributed by atoms with E-state index in [0.717, 1.165) is 0 Å². The van der Waals surface area contributed by atoms with Gasteiger partial charge >= 0.3 is 12.2 Å². The van der Waals surface area contributed by atoms with E-state index in [9.17, 15) is 43.0 Å². The van der Waals surface area contributed by atoms with Crippen molar-refractivity contribution in [1.29, 1.82) is 0 Å². The van der Waals surface area contributed by atoms with Gasteiger partial charge in [0, 0.05) is 46.3 Å². The first-order valence-electron chi connectivity index (χ1n) is 17.1. The van der Waals surface area contributed by atoms with E-state index >= 15 is 0 Å². The first-order valence-corrected chi connectivity index (χ1v) is 17.1. The van der Waals surface area contributed by atoms with Gasteiger partial charge in [-0.05, 0) is 36.4 Å². The van der Waals surface area contributed by atoms with Gasteiger partial charge in [0.2, 0.25) is 11.8 Å². The Balaban J connectivity index is 0.000000283. The van der Waals surface area contributed by atoms with E-state index in [2.05, 4.69) is 21.7 Å². The van der Waals surface area contributed by atoms with Gasteiger partial charge in [0.15, 0.2) is 5.78 Å². The molecule has 4 fully saturated rings. The van der Waals surface area contributed by atoms with Crippen LogP contribution in [0, 0.1) is 11.6 Å². The summed E-state index contributed by atoms with van der Waals surface area (Å²) in [5, 5.41) is 43.1. The van der Waals surface area contributed by atoms with Gasteiger partial charge < -0.3 is 50.5 Å². The fourth-order valence-corrected chi connectivity index (χ4v) is 6.22. The number of oxime groups is 1. The summed E-state index contributed by atoms with van der Waals surface area (Å²) in [6.45, 7) is 4.42. The number of ether oxygens (including phenoxy) is 2. The average Bonchev–Trinajstić information content (AvgIpc) is 3.73. The van der Waals surface area contributed by atoms with E-state index in [-0.39, 0.29) is 92.8 Å². The molecule has 0 unspecified atom stereocenters. The number of rotatable bonds is 8. The molecule has 4 saturated heterocycles. The van der Waals surface area contributed by atoms with Gasteiger partial charge in [-0.3, -0.25) is 24.2 Å². The number of carbonyl (C=O) groups excluding carboxylic acids is 5. The van der Waals surface area contributed by atoms with E-state index in [1.54, 1.807) is 21.9 Å². The largest absolute Gasteiger partial charge is 0.442 e. The van der Waals surface area contributed by atoms with Gasteiger partial charge in [0.25, 0.3) is 0 Å². The van der Waals surface area contributed by atoms with Crippen molar-refractivity contribution >= 4 is 70.7 Å². The number of anilines is 4. The van der Waals surface area contributed by atoms with E-state index in [0.29, 0.717) is 30.9 Å². The van der Waals surface area contributed by atoms with E-state index in [1.165, 1.54) is 47.9 Å². The average molecular weight is 815 g/mol. The number of benzene rings is 2. The summed E-state index contributed by atoms with van der Waals surface area (Å²) in [5.41, 5.74) is 1.52. The number of aliphatic hydroxyl groups excluding tert-OH is 2. The molecule has 0 spiro atoms. The van der Waals surface area contributed by atoms with Crippen molar-refractivity contribution in [3.63, 3.8) is 0 Å². The van der Waals surface area contributed by atoms with Crippen LogP contribution in [0.1, 0.15) is 26.7 Å². The fraction of sp³-hybridized carbons (Fsp3) is 0.471. The molecule has 8 N–H and O–H groups in total. The number of hydrogen-bond donors (Lipinski definition) is 7. The minimum absolute atomic E-state index is 0. The van der Waals surface area contributed by atoms with Crippen LogP contribution in [0.4, 0.5) is 41.1 Å². The summed E-state index contributed by atoms with van der Waals surface area (Å²) in [4.78, 5) is 63.2. The third-order valence-corrected chi connectivity index (χ3v) is 9.01. The minimum atomic E-state index is -1.12. The molecule has 4 heterocycles. The first kappa shape index (κ1) is 45.0. The monoisotopic (exact) mass is 814 g/mol. The number of carbonyl (C=O) groups is 5. The molecule has 0 aromatic heterocycles. The molecule has 4 amide bonds. The molecule has 308 valence electrons. The molecular weight excluding hydrogens is 770 g/mol. The number of hydrogen-bond acceptors (Lipinski definition) is 15. The normalized spacial score (nSPS) is 22.6. The van der Waals surface area contributed by atoms with Gasteiger partial charge in [-0.15, -0.1) is 12.4 Å². The Kier molecular flexibility index (Phi) is 16.5. The third-order valence-electron chi connectivity index (χ3n) is 9.01. The van der Waals surface area contributed by atoms with Crippen molar-refractivity contribution < 1.29 is 62.9 Å². The zero-order valence-corrected chi connectivity index (χ0v) is 31.3. The van der Waals surface area contributed by atoms with Crippen molar-refractivity contribution in [2.24, 2.45) is 11.1 Å². The number of nitrogens with zero attached hydrogens (tertiary/aromatic N) is 5. The fourth-order valence-electron chi connectivity index (χ4n) is 6.22. The summed E-state index contributed by atoms with van der Waals surface area (Å²) < 4.78 is 39.5. The second-order valence-corrected chi connectivity index (χ2v) is 12.9. The number of ketones is 1. The molecule has 4 aliphatic rings. The summed E-state index contributed by atoms with van der Waals surface area (Å²) in [6, 6.07) is 8.69. The van der Waals surface area contributed by atoms with Gasteiger partial charge in [-0.2, -0.15) is 0 Å². The first-order chi connectivity index (χ1) is 26.2. The maximum Gasteiger partial charge on any atom is 0.414 e. The molecule has 4 aliphatic heterocycles. The lowest BCUT2D eigenvalue weighted by molar-refractivity contribution is -0.127.